The first-order chi connectivity index (χ1) is 2.77. The third-order valence-electron chi connectivity index (χ3n) is 0.328. The molecule has 0 heterocycles. The van der Waals surface area contributed by atoms with Crippen LogP contribution in [-0.4, -0.2) is 21.8 Å². The molecular formula is C3H8GeO2. The van der Waals surface area contributed by atoms with E-state index in [-0.39, 0.29) is 6.10 Å². The van der Waals surface area contributed by atoms with Crippen molar-refractivity contribution in [1.82, 2.24) is 0 Å². The third kappa shape index (κ3) is 4.14. The molecule has 0 spiro atoms. The van der Waals surface area contributed by atoms with Crippen molar-refractivity contribution in [1.29, 1.82) is 0 Å². The molecule has 0 amide bonds. The van der Waals surface area contributed by atoms with Crippen LogP contribution in [0.15, 0.2) is 0 Å². The molecule has 0 aromatic carbocycles. The maximum absolute atomic E-state index is 9.67. The van der Waals surface area contributed by atoms with E-state index in [1.807, 2.05) is 13.8 Å². The van der Waals surface area contributed by atoms with Crippen LogP contribution < -0.4 is 0 Å². The van der Waals surface area contributed by atoms with E-state index in [0.717, 1.165) is 0 Å². The van der Waals surface area contributed by atoms with E-state index in [4.69, 9.17) is 0 Å². The normalized spacial score (nSPS) is 8.50. The van der Waals surface area contributed by atoms with Gasteiger partial charge in [0, 0.05) is 0 Å². The molecule has 0 saturated heterocycles. The summed E-state index contributed by atoms with van der Waals surface area (Å²) >= 11 is -1.50. The topological polar surface area (TPSA) is 26.3 Å². The van der Waals surface area contributed by atoms with Crippen LogP contribution in [0.4, 0.5) is 0 Å². The molecule has 0 rings (SSSR count). The van der Waals surface area contributed by atoms with Crippen molar-refractivity contribution in [3.63, 3.8) is 0 Å². The summed E-state index contributed by atoms with van der Waals surface area (Å²) in [5.74, 6) is 0. The van der Waals surface area contributed by atoms with Crippen molar-refractivity contribution in [3.8, 4) is 0 Å². The first kappa shape index (κ1) is 6.14. The summed E-state index contributed by atoms with van der Waals surface area (Å²) < 4.78 is 14.3. The molecule has 0 aromatic rings. The van der Waals surface area contributed by atoms with Crippen LogP contribution in [0.25, 0.3) is 0 Å². The first-order valence-corrected chi connectivity index (χ1v) is 3.84. The van der Waals surface area contributed by atoms with E-state index >= 15 is 0 Å². The second-order valence-corrected chi connectivity index (χ2v) is 2.26. The average molecular weight is 149 g/mol. The molecule has 0 bridgehead atoms. The first-order valence-electron chi connectivity index (χ1n) is 1.86. The predicted molar refractivity (Wildman–Crippen MR) is 24.1 cm³/mol. The fourth-order valence-electron chi connectivity index (χ4n) is 0.111. The summed E-state index contributed by atoms with van der Waals surface area (Å²) in [6.07, 6.45) is 0.155. The molecule has 36 valence electrons. The summed E-state index contributed by atoms with van der Waals surface area (Å²) in [7, 11) is 0. The van der Waals surface area contributed by atoms with Crippen molar-refractivity contribution >= 4 is 15.7 Å². The summed E-state index contributed by atoms with van der Waals surface area (Å²) in [6, 6.07) is 0. The molecule has 6 heavy (non-hydrogen) atoms. The fourth-order valence-corrected chi connectivity index (χ4v) is 0.577. The second kappa shape index (κ2) is 3.34. The van der Waals surface area contributed by atoms with Crippen molar-refractivity contribution in [2.75, 3.05) is 0 Å². The minimum atomic E-state index is -1.50. The summed E-state index contributed by atoms with van der Waals surface area (Å²) in [5, 5.41) is 0. The zero-order chi connectivity index (χ0) is 4.99. The van der Waals surface area contributed by atoms with Crippen molar-refractivity contribution in [2.24, 2.45) is 0 Å². The molecule has 2 nitrogen and oxygen atoms in total. The van der Waals surface area contributed by atoms with Gasteiger partial charge in [-0.2, -0.15) is 0 Å². The van der Waals surface area contributed by atoms with Crippen molar-refractivity contribution in [2.45, 2.75) is 20.0 Å². The molecule has 0 atom stereocenters. The third-order valence-corrected chi connectivity index (χ3v) is 1.70. The standard InChI is InChI=1S/C3H8GeO2/c1-3(2)6-4-5/h3-4H,1-2H3. The molecule has 0 unspecified atom stereocenters. The molecule has 0 fully saturated rings. The van der Waals surface area contributed by atoms with Gasteiger partial charge in [-0.15, -0.1) is 0 Å². The molecule has 3 heteroatoms. The quantitative estimate of drug-likeness (QED) is 0.520. The number of hydrogen-bond donors (Lipinski definition) is 0. The molecule has 0 aliphatic carbocycles. The van der Waals surface area contributed by atoms with Gasteiger partial charge in [0.25, 0.3) is 0 Å². The van der Waals surface area contributed by atoms with Crippen LogP contribution in [0, 0.1) is 0 Å². The zero-order valence-corrected chi connectivity index (χ0v) is 6.39. The van der Waals surface area contributed by atoms with Crippen molar-refractivity contribution in [3.05, 3.63) is 0 Å². The van der Waals surface area contributed by atoms with Crippen molar-refractivity contribution < 1.29 is 7.54 Å². The fraction of sp³-hybridized carbons (Fsp3) is 1.00. The van der Waals surface area contributed by atoms with Gasteiger partial charge in [0.05, 0.1) is 0 Å². The molecule has 0 saturated carbocycles. The van der Waals surface area contributed by atoms with E-state index in [1.165, 1.54) is 0 Å². The second-order valence-electron chi connectivity index (χ2n) is 1.28. The Labute approximate surface area is 43.9 Å². The van der Waals surface area contributed by atoms with Crippen LogP contribution in [0.2, 0.25) is 0 Å². The Morgan fingerprint density at radius 3 is 2.17 bits per heavy atom. The minimum absolute atomic E-state index is 0.155. The molecule has 0 radical (unpaired) electrons. The van der Waals surface area contributed by atoms with Crippen LogP contribution in [-0.2, 0) is 7.54 Å². The Morgan fingerprint density at radius 1 is 1.67 bits per heavy atom. The van der Waals surface area contributed by atoms with Gasteiger partial charge in [-0.05, 0) is 0 Å². The summed E-state index contributed by atoms with van der Waals surface area (Å²) in [5.41, 5.74) is 0. The SMILES string of the molecule is CC(C)[O][GeH]=[O]. The zero-order valence-electron chi connectivity index (χ0n) is 3.97. The molecule has 0 N–H and O–H groups in total. The molecular weight excluding hydrogens is 141 g/mol. The van der Waals surface area contributed by atoms with Gasteiger partial charge in [0.15, 0.2) is 0 Å². The Hall–Kier alpha value is 0.143. The Balaban J connectivity index is 2.81. The average Bonchev–Trinajstić information content (AvgIpc) is 1.35. The van der Waals surface area contributed by atoms with Gasteiger partial charge in [-0.1, -0.05) is 0 Å². The Morgan fingerprint density at radius 2 is 2.17 bits per heavy atom. The van der Waals surface area contributed by atoms with Gasteiger partial charge in [-0.25, -0.2) is 0 Å². The monoisotopic (exact) mass is 150 g/mol. The van der Waals surface area contributed by atoms with E-state index in [1.54, 1.807) is 0 Å². The Kier molecular flexibility index (Phi) is 3.42. The van der Waals surface area contributed by atoms with E-state index in [2.05, 4.69) is 3.76 Å². The van der Waals surface area contributed by atoms with Gasteiger partial charge in [-0.3, -0.25) is 0 Å². The van der Waals surface area contributed by atoms with Crippen LogP contribution in [0.1, 0.15) is 13.8 Å². The van der Waals surface area contributed by atoms with Gasteiger partial charge in [0.1, 0.15) is 0 Å². The Bertz CT molecular complexity index is 44.1. The van der Waals surface area contributed by atoms with Crippen LogP contribution in [0.3, 0.4) is 0 Å². The summed E-state index contributed by atoms with van der Waals surface area (Å²) in [4.78, 5) is 0. The van der Waals surface area contributed by atoms with Gasteiger partial charge < -0.3 is 0 Å². The van der Waals surface area contributed by atoms with Crippen LogP contribution in [0.5, 0.6) is 0 Å². The number of rotatable bonds is 2. The van der Waals surface area contributed by atoms with E-state index in [9.17, 15) is 3.78 Å². The van der Waals surface area contributed by atoms with Crippen LogP contribution >= 0.6 is 0 Å². The van der Waals surface area contributed by atoms with Gasteiger partial charge in [0.2, 0.25) is 0 Å². The van der Waals surface area contributed by atoms with E-state index in [0.29, 0.717) is 0 Å². The predicted octanol–water partition coefficient (Wildman–Crippen LogP) is 0.108. The molecule has 0 aliphatic heterocycles. The van der Waals surface area contributed by atoms with Gasteiger partial charge >= 0.3 is 43.2 Å². The van der Waals surface area contributed by atoms with E-state index < -0.39 is 15.7 Å². The maximum atomic E-state index is 9.67. The number of hydrogen-bond acceptors (Lipinski definition) is 2. The summed E-state index contributed by atoms with van der Waals surface area (Å²) in [6.45, 7) is 3.74. The molecule has 0 aliphatic rings. The molecule has 0 aromatic heterocycles.